The summed E-state index contributed by atoms with van der Waals surface area (Å²) in [5.41, 5.74) is 3.15. The van der Waals surface area contributed by atoms with Gasteiger partial charge >= 0.3 is 5.97 Å². The molecule has 0 amide bonds. The quantitative estimate of drug-likeness (QED) is 0.170. The molecular formula is C36H31ClN2O5S. The molecule has 228 valence electrons. The van der Waals surface area contributed by atoms with Crippen LogP contribution < -0.4 is 24.4 Å². The van der Waals surface area contributed by atoms with E-state index in [1.165, 1.54) is 11.3 Å². The fraction of sp³-hybridized carbons (Fsp3) is 0.194. The highest BCUT2D eigenvalue weighted by molar-refractivity contribution is 7.07. The van der Waals surface area contributed by atoms with Gasteiger partial charge in [-0.25, -0.2) is 9.79 Å². The normalized spacial score (nSPS) is 14.7. The minimum Gasteiger partial charge on any atom is -0.490 e. The van der Waals surface area contributed by atoms with Gasteiger partial charge in [0.25, 0.3) is 5.56 Å². The van der Waals surface area contributed by atoms with Crippen molar-refractivity contribution in [3.05, 3.63) is 138 Å². The number of esters is 1. The predicted molar refractivity (Wildman–Crippen MR) is 178 cm³/mol. The Morgan fingerprint density at radius 3 is 2.51 bits per heavy atom. The molecule has 7 nitrogen and oxygen atoms in total. The summed E-state index contributed by atoms with van der Waals surface area (Å²) >= 11 is 7.43. The first-order chi connectivity index (χ1) is 21.9. The first-order valence-corrected chi connectivity index (χ1v) is 15.9. The third-order valence-electron chi connectivity index (χ3n) is 7.53. The van der Waals surface area contributed by atoms with Crippen molar-refractivity contribution in [2.75, 3.05) is 13.2 Å². The van der Waals surface area contributed by atoms with E-state index in [1.807, 2.05) is 61.5 Å². The minimum absolute atomic E-state index is 0.206. The van der Waals surface area contributed by atoms with Crippen LogP contribution in [0.4, 0.5) is 0 Å². The van der Waals surface area contributed by atoms with Crippen LogP contribution in [-0.4, -0.2) is 23.8 Å². The van der Waals surface area contributed by atoms with E-state index in [0.29, 0.717) is 50.3 Å². The number of hydrogen-bond acceptors (Lipinski definition) is 7. The molecule has 0 N–H and O–H groups in total. The number of thiazole rings is 1. The molecule has 0 spiro atoms. The van der Waals surface area contributed by atoms with Gasteiger partial charge in [-0.1, -0.05) is 83.6 Å². The van der Waals surface area contributed by atoms with Crippen molar-refractivity contribution < 1.29 is 19.0 Å². The lowest BCUT2D eigenvalue weighted by Gasteiger charge is -2.24. The Balaban J connectivity index is 1.37. The highest BCUT2D eigenvalue weighted by Crippen LogP contribution is 2.32. The molecule has 9 heteroatoms. The first-order valence-electron chi connectivity index (χ1n) is 14.7. The third kappa shape index (κ3) is 6.16. The molecule has 4 aromatic carbocycles. The van der Waals surface area contributed by atoms with Crippen molar-refractivity contribution in [3.63, 3.8) is 0 Å². The van der Waals surface area contributed by atoms with E-state index in [4.69, 9.17) is 25.8 Å². The van der Waals surface area contributed by atoms with Gasteiger partial charge in [0.2, 0.25) is 0 Å². The smallest absolute Gasteiger partial charge is 0.338 e. The van der Waals surface area contributed by atoms with E-state index in [9.17, 15) is 9.59 Å². The summed E-state index contributed by atoms with van der Waals surface area (Å²) in [4.78, 5) is 32.2. The topological polar surface area (TPSA) is 79.1 Å². The number of fused-ring (bicyclic) bond motifs is 2. The Labute approximate surface area is 269 Å². The summed E-state index contributed by atoms with van der Waals surface area (Å²) in [6, 6.07) is 26.4. The summed E-state index contributed by atoms with van der Waals surface area (Å²) in [5.74, 6) is 0.688. The molecule has 0 bridgehead atoms. The molecular weight excluding hydrogens is 608 g/mol. The van der Waals surface area contributed by atoms with Gasteiger partial charge in [0.1, 0.15) is 6.61 Å². The number of allylic oxidation sites excluding steroid dienone is 1. The van der Waals surface area contributed by atoms with Gasteiger partial charge in [0.05, 0.1) is 35.1 Å². The van der Waals surface area contributed by atoms with Crippen LogP contribution in [0.25, 0.3) is 16.8 Å². The van der Waals surface area contributed by atoms with Gasteiger partial charge in [-0.2, -0.15) is 0 Å². The number of aromatic nitrogens is 1. The number of carbonyl (C=O) groups is 1. The van der Waals surface area contributed by atoms with Crippen molar-refractivity contribution in [2.24, 2.45) is 4.99 Å². The molecule has 0 saturated heterocycles. The maximum absolute atomic E-state index is 14.0. The number of rotatable bonds is 9. The molecule has 0 radical (unpaired) electrons. The molecule has 6 rings (SSSR count). The zero-order valence-corrected chi connectivity index (χ0v) is 26.7. The van der Waals surface area contributed by atoms with Crippen molar-refractivity contribution >= 4 is 45.8 Å². The maximum Gasteiger partial charge on any atom is 0.338 e. The van der Waals surface area contributed by atoms with Gasteiger partial charge in [0.15, 0.2) is 16.3 Å². The van der Waals surface area contributed by atoms with Crippen molar-refractivity contribution in [2.45, 2.75) is 33.4 Å². The molecule has 1 aliphatic rings. The van der Waals surface area contributed by atoms with Crippen molar-refractivity contribution in [3.8, 4) is 11.5 Å². The Morgan fingerprint density at radius 2 is 1.73 bits per heavy atom. The van der Waals surface area contributed by atoms with E-state index in [-0.39, 0.29) is 12.2 Å². The molecule has 1 atom stereocenters. The maximum atomic E-state index is 14.0. The molecule has 1 aliphatic heterocycles. The fourth-order valence-electron chi connectivity index (χ4n) is 5.48. The van der Waals surface area contributed by atoms with Gasteiger partial charge in [-0.15, -0.1) is 0 Å². The van der Waals surface area contributed by atoms with Crippen LogP contribution in [0.2, 0.25) is 5.02 Å². The zero-order chi connectivity index (χ0) is 31.5. The Bertz CT molecular complexity index is 2110. The van der Waals surface area contributed by atoms with Gasteiger partial charge in [0, 0.05) is 5.02 Å². The Kier molecular flexibility index (Phi) is 8.87. The summed E-state index contributed by atoms with van der Waals surface area (Å²) < 4.78 is 19.6. The summed E-state index contributed by atoms with van der Waals surface area (Å²) in [6.07, 6.45) is 1.81. The Hall–Kier alpha value is -4.66. The second-order valence-corrected chi connectivity index (χ2v) is 11.9. The van der Waals surface area contributed by atoms with Crippen molar-refractivity contribution in [1.29, 1.82) is 0 Å². The zero-order valence-electron chi connectivity index (χ0n) is 25.1. The monoisotopic (exact) mass is 638 g/mol. The van der Waals surface area contributed by atoms with E-state index in [2.05, 4.69) is 29.3 Å². The molecule has 1 aromatic heterocycles. The average Bonchev–Trinajstić information content (AvgIpc) is 3.34. The highest BCUT2D eigenvalue weighted by atomic mass is 35.5. The molecule has 2 heterocycles. The summed E-state index contributed by atoms with van der Waals surface area (Å²) in [7, 11) is 0. The predicted octanol–water partition coefficient (Wildman–Crippen LogP) is 6.58. The Morgan fingerprint density at radius 1 is 0.956 bits per heavy atom. The van der Waals surface area contributed by atoms with Crippen LogP contribution in [-0.2, 0) is 16.1 Å². The molecule has 5 aromatic rings. The number of halogens is 1. The van der Waals surface area contributed by atoms with Crippen LogP contribution in [0.5, 0.6) is 11.5 Å². The van der Waals surface area contributed by atoms with Gasteiger partial charge in [-0.05, 0) is 78.6 Å². The SMILES string of the molecule is CCOC(=O)C1=C(C)N=c2s/c(=C\c3ccc(OCc4cccc5ccccc45)c(OCC)c3)c(=O)n2[C@@H]1c1ccc(Cl)cc1. The second kappa shape index (κ2) is 13.1. The molecule has 0 fully saturated rings. The van der Waals surface area contributed by atoms with E-state index >= 15 is 0 Å². The van der Waals surface area contributed by atoms with Gasteiger partial charge in [-0.3, -0.25) is 9.36 Å². The van der Waals surface area contributed by atoms with Crippen LogP contribution in [0.3, 0.4) is 0 Å². The van der Waals surface area contributed by atoms with Crippen LogP contribution in [0, 0.1) is 0 Å². The number of hydrogen-bond donors (Lipinski definition) is 0. The lowest BCUT2D eigenvalue weighted by atomic mass is 9.96. The standard InChI is InChI=1S/C36H31ClN2O5S/c1-4-42-30-19-23(13-18-29(30)44-21-26-11-8-10-24-9-6-7-12-28(24)26)20-31-34(40)39-33(25-14-16-27(37)17-15-25)32(35(41)43-5-2)22(3)38-36(39)45-31/h6-20,33H,4-5,21H2,1-3H3/b31-20-/t33-/m1/s1. The van der Waals surface area contributed by atoms with E-state index in [1.54, 1.807) is 30.5 Å². The summed E-state index contributed by atoms with van der Waals surface area (Å²) in [5, 5.41) is 2.85. The largest absolute Gasteiger partial charge is 0.490 e. The van der Waals surface area contributed by atoms with Crippen molar-refractivity contribution in [1.82, 2.24) is 4.57 Å². The number of ether oxygens (including phenoxy) is 3. The minimum atomic E-state index is -0.705. The highest BCUT2D eigenvalue weighted by Gasteiger charge is 2.33. The third-order valence-corrected chi connectivity index (χ3v) is 8.77. The molecule has 45 heavy (non-hydrogen) atoms. The molecule has 0 saturated carbocycles. The molecule has 0 aliphatic carbocycles. The lowest BCUT2D eigenvalue weighted by molar-refractivity contribution is -0.139. The fourth-order valence-corrected chi connectivity index (χ4v) is 6.65. The van der Waals surface area contributed by atoms with E-state index in [0.717, 1.165) is 27.5 Å². The van der Waals surface area contributed by atoms with Crippen LogP contribution in [0.1, 0.15) is 43.5 Å². The van der Waals surface area contributed by atoms with Crippen LogP contribution >= 0.6 is 22.9 Å². The number of nitrogens with zero attached hydrogens (tertiary/aromatic N) is 2. The van der Waals surface area contributed by atoms with Gasteiger partial charge < -0.3 is 14.2 Å². The van der Waals surface area contributed by atoms with E-state index < -0.39 is 12.0 Å². The average molecular weight is 639 g/mol. The summed E-state index contributed by atoms with van der Waals surface area (Å²) in [6.45, 7) is 6.46. The second-order valence-electron chi connectivity index (χ2n) is 10.4. The van der Waals surface area contributed by atoms with Crippen LogP contribution in [0.15, 0.2) is 106 Å². The molecule has 0 unspecified atom stereocenters. The first kappa shape index (κ1) is 30.4. The number of benzene rings is 4. The number of carbonyl (C=O) groups excluding carboxylic acids is 1. The lowest BCUT2D eigenvalue weighted by Crippen LogP contribution is -2.39.